The van der Waals surface area contributed by atoms with Gasteiger partial charge < -0.3 is 4.90 Å². The summed E-state index contributed by atoms with van der Waals surface area (Å²) in [5, 5.41) is 4.98. The molecule has 1 aliphatic heterocycles. The Morgan fingerprint density at radius 3 is 2.70 bits per heavy atom. The van der Waals surface area contributed by atoms with Gasteiger partial charge in [0, 0.05) is 6.54 Å². The van der Waals surface area contributed by atoms with Gasteiger partial charge in [0.1, 0.15) is 6.33 Å². The van der Waals surface area contributed by atoms with E-state index in [-0.39, 0.29) is 5.75 Å². The molecular weight excluding hydrogens is 316 g/mol. The highest BCUT2D eigenvalue weighted by Gasteiger charge is 2.15. The fourth-order valence-corrected chi connectivity index (χ4v) is 3.38. The van der Waals surface area contributed by atoms with Crippen molar-refractivity contribution in [2.45, 2.75) is 32.7 Å². The van der Waals surface area contributed by atoms with Crippen LogP contribution in [-0.2, 0) is 16.6 Å². The molecule has 0 bridgehead atoms. The molecule has 1 aliphatic rings. The van der Waals surface area contributed by atoms with Gasteiger partial charge in [-0.05, 0) is 32.9 Å². The quantitative estimate of drug-likeness (QED) is 0.847. The number of hydrogen-bond acceptors (Lipinski definition) is 6. The number of nitrogens with one attached hydrogen (secondary N) is 1. The number of piperidine rings is 1. The van der Waals surface area contributed by atoms with Gasteiger partial charge in [-0.15, -0.1) is 0 Å². The Morgan fingerprint density at radius 1 is 1.17 bits per heavy atom. The fraction of sp³-hybridized carbons (Fsp3) is 0.643. The van der Waals surface area contributed by atoms with E-state index in [0.717, 1.165) is 26.2 Å². The number of fused-ring (bicyclic) bond motifs is 1. The summed E-state index contributed by atoms with van der Waals surface area (Å²) in [5.74, 6) is 0.294. The number of sulfonamides is 1. The van der Waals surface area contributed by atoms with Crippen LogP contribution in [0.3, 0.4) is 0 Å². The average Bonchev–Trinajstić information content (AvgIpc) is 2.98. The first-order valence-electron chi connectivity index (χ1n) is 7.98. The van der Waals surface area contributed by atoms with Crippen molar-refractivity contribution in [3.8, 4) is 0 Å². The van der Waals surface area contributed by atoms with Gasteiger partial charge in [0.2, 0.25) is 10.0 Å². The predicted molar refractivity (Wildman–Crippen MR) is 88.7 cm³/mol. The summed E-state index contributed by atoms with van der Waals surface area (Å²) < 4.78 is 27.8. The highest BCUT2D eigenvalue weighted by atomic mass is 32.2. The molecule has 23 heavy (non-hydrogen) atoms. The smallest absolute Gasteiger partial charge is 0.233 e. The van der Waals surface area contributed by atoms with Crippen LogP contribution in [0.2, 0.25) is 0 Å². The zero-order valence-corrected chi connectivity index (χ0v) is 14.1. The Morgan fingerprint density at radius 2 is 1.96 bits per heavy atom. The number of hydrogen-bond donors (Lipinski definition) is 1. The topological polar surface area (TPSA) is 93.0 Å². The van der Waals surface area contributed by atoms with Gasteiger partial charge in [-0.3, -0.25) is 4.72 Å². The van der Waals surface area contributed by atoms with Gasteiger partial charge in [-0.25, -0.2) is 23.1 Å². The maximum atomic E-state index is 11.7. The third kappa shape index (κ3) is 3.78. The minimum absolute atomic E-state index is 0.00158. The van der Waals surface area contributed by atoms with Crippen molar-refractivity contribution in [3.63, 3.8) is 0 Å². The summed E-state index contributed by atoms with van der Waals surface area (Å²) >= 11 is 0. The average molecular weight is 338 g/mol. The van der Waals surface area contributed by atoms with Gasteiger partial charge in [0.15, 0.2) is 11.5 Å². The molecule has 0 amide bonds. The zero-order chi connectivity index (χ0) is 16.3. The predicted octanol–water partition coefficient (Wildman–Crippen LogP) is 1.07. The fourth-order valence-electron chi connectivity index (χ4n) is 2.78. The molecule has 0 aromatic carbocycles. The molecule has 2 aromatic heterocycles. The van der Waals surface area contributed by atoms with E-state index in [1.807, 2.05) is 4.68 Å². The second-order valence-electron chi connectivity index (χ2n) is 5.74. The van der Waals surface area contributed by atoms with Gasteiger partial charge in [-0.1, -0.05) is 6.42 Å². The van der Waals surface area contributed by atoms with E-state index in [9.17, 15) is 8.42 Å². The van der Waals surface area contributed by atoms with Crippen LogP contribution in [-0.4, -0.2) is 58.5 Å². The first-order valence-corrected chi connectivity index (χ1v) is 9.63. The van der Waals surface area contributed by atoms with E-state index in [1.54, 1.807) is 13.1 Å². The zero-order valence-electron chi connectivity index (χ0n) is 13.3. The third-order valence-corrected chi connectivity index (χ3v) is 5.41. The van der Waals surface area contributed by atoms with E-state index in [0.29, 0.717) is 16.9 Å². The first-order chi connectivity index (χ1) is 11.1. The van der Waals surface area contributed by atoms with Crippen molar-refractivity contribution >= 4 is 26.9 Å². The van der Waals surface area contributed by atoms with Gasteiger partial charge in [0.25, 0.3) is 0 Å². The summed E-state index contributed by atoms with van der Waals surface area (Å²) in [6.07, 6.45) is 6.82. The summed E-state index contributed by atoms with van der Waals surface area (Å²) in [7, 11) is -3.37. The molecule has 3 heterocycles. The highest BCUT2D eigenvalue weighted by molar-refractivity contribution is 7.92. The SMILES string of the molecule is CCS(=O)(=O)Nc1ncnc2c1cnn2CCN1CCCCC1. The number of nitrogens with zero attached hydrogens (tertiary/aromatic N) is 5. The second-order valence-corrected chi connectivity index (χ2v) is 7.75. The molecule has 0 unspecified atom stereocenters. The number of likely N-dealkylation sites (tertiary alicyclic amines) is 1. The molecule has 126 valence electrons. The van der Waals surface area contributed by atoms with E-state index >= 15 is 0 Å². The third-order valence-electron chi connectivity index (χ3n) is 4.14. The number of aromatic nitrogens is 4. The molecule has 3 rings (SSSR count). The molecule has 1 saturated heterocycles. The Balaban J connectivity index is 1.78. The number of anilines is 1. The molecule has 8 nitrogen and oxygen atoms in total. The van der Waals surface area contributed by atoms with Crippen molar-refractivity contribution in [1.29, 1.82) is 0 Å². The Bertz CT molecular complexity index is 767. The van der Waals surface area contributed by atoms with Crippen LogP contribution in [0, 0.1) is 0 Å². The van der Waals surface area contributed by atoms with Crippen LogP contribution < -0.4 is 4.72 Å². The van der Waals surface area contributed by atoms with Crippen molar-refractivity contribution in [2.75, 3.05) is 30.1 Å². The molecule has 0 saturated carbocycles. The normalized spacial score (nSPS) is 16.7. The van der Waals surface area contributed by atoms with Gasteiger partial charge >= 0.3 is 0 Å². The number of rotatable bonds is 6. The minimum Gasteiger partial charge on any atom is -0.301 e. The van der Waals surface area contributed by atoms with Crippen molar-refractivity contribution in [1.82, 2.24) is 24.6 Å². The summed E-state index contributed by atoms with van der Waals surface area (Å²) in [6, 6.07) is 0. The summed E-state index contributed by atoms with van der Waals surface area (Å²) in [4.78, 5) is 10.7. The Kier molecular flexibility index (Phi) is 4.76. The summed E-state index contributed by atoms with van der Waals surface area (Å²) in [5.41, 5.74) is 0.658. The lowest BCUT2D eigenvalue weighted by molar-refractivity contribution is 0.219. The van der Waals surface area contributed by atoms with Crippen LogP contribution in [0.15, 0.2) is 12.5 Å². The first kappa shape index (κ1) is 16.1. The minimum atomic E-state index is -3.37. The van der Waals surface area contributed by atoms with Crippen molar-refractivity contribution in [3.05, 3.63) is 12.5 Å². The lowest BCUT2D eigenvalue weighted by atomic mass is 10.1. The molecule has 9 heteroatoms. The molecule has 0 aliphatic carbocycles. The van der Waals surface area contributed by atoms with E-state index < -0.39 is 10.0 Å². The molecule has 0 radical (unpaired) electrons. The van der Waals surface area contributed by atoms with Crippen LogP contribution in [0.25, 0.3) is 11.0 Å². The largest absolute Gasteiger partial charge is 0.301 e. The standard InChI is InChI=1S/C14H22N6O2S/c1-2-23(21,22)18-13-12-10-17-20(14(12)16-11-15-13)9-8-19-6-4-3-5-7-19/h10-11H,2-9H2,1H3,(H,15,16,18). The molecule has 0 atom stereocenters. The second kappa shape index (κ2) is 6.79. The molecule has 2 aromatic rings. The van der Waals surface area contributed by atoms with Crippen LogP contribution in [0.5, 0.6) is 0 Å². The molecule has 1 fully saturated rings. The van der Waals surface area contributed by atoms with E-state index in [2.05, 4.69) is 24.7 Å². The van der Waals surface area contributed by atoms with Crippen LogP contribution in [0.4, 0.5) is 5.82 Å². The van der Waals surface area contributed by atoms with Gasteiger partial charge in [-0.2, -0.15) is 5.10 Å². The van der Waals surface area contributed by atoms with E-state index in [1.165, 1.54) is 25.6 Å². The Hall–Kier alpha value is -1.74. The Labute approximate surface area is 136 Å². The molecule has 0 spiro atoms. The summed E-state index contributed by atoms with van der Waals surface area (Å²) in [6.45, 7) is 5.52. The lowest BCUT2D eigenvalue weighted by Gasteiger charge is -2.26. The maximum Gasteiger partial charge on any atom is 0.233 e. The highest BCUT2D eigenvalue weighted by Crippen LogP contribution is 2.20. The maximum absolute atomic E-state index is 11.7. The molecular formula is C14H22N6O2S. The van der Waals surface area contributed by atoms with Crippen LogP contribution >= 0.6 is 0 Å². The van der Waals surface area contributed by atoms with E-state index in [4.69, 9.17) is 0 Å². The van der Waals surface area contributed by atoms with Crippen LogP contribution in [0.1, 0.15) is 26.2 Å². The van der Waals surface area contributed by atoms with Crippen molar-refractivity contribution < 1.29 is 8.42 Å². The molecule has 1 N–H and O–H groups in total. The monoisotopic (exact) mass is 338 g/mol. The lowest BCUT2D eigenvalue weighted by Crippen LogP contribution is -2.32. The van der Waals surface area contributed by atoms with Crippen molar-refractivity contribution in [2.24, 2.45) is 0 Å². The van der Waals surface area contributed by atoms with Gasteiger partial charge in [0.05, 0.1) is 23.9 Å².